The maximum Gasteiger partial charge on any atom is 0.0846 e. The van der Waals surface area contributed by atoms with Gasteiger partial charge in [-0.2, -0.15) is 0 Å². The summed E-state index contributed by atoms with van der Waals surface area (Å²) in [5.74, 6) is 1.75. The van der Waals surface area contributed by atoms with Gasteiger partial charge in [0.1, 0.15) is 0 Å². The molecule has 4 saturated carbocycles. The lowest BCUT2D eigenvalue weighted by Gasteiger charge is -2.62. The van der Waals surface area contributed by atoms with E-state index in [0.29, 0.717) is 5.41 Å². The maximum atomic E-state index is 11.1. The van der Waals surface area contributed by atoms with Crippen LogP contribution in [0.5, 0.6) is 0 Å². The number of benzene rings is 1. The van der Waals surface area contributed by atoms with Crippen molar-refractivity contribution in [1.82, 2.24) is 0 Å². The van der Waals surface area contributed by atoms with Crippen LogP contribution >= 0.6 is 0 Å². The van der Waals surface area contributed by atoms with Crippen LogP contribution < -0.4 is 0 Å². The summed E-state index contributed by atoms with van der Waals surface area (Å²) >= 11 is 0. The maximum absolute atomic E-state index is 11.1. The molecule has 0 saturated heterocycles. The molecule has 5 rings (SSSR count). The van der Waals surface area contributed by atoms with Gasteiger partial charge >= 0.3 is 0 Å². The Labute approximate surface area is 122 Å². The summed E-state index contributed by atoms with van der Waals surface area (Å²) in [6.45, 7) is 4.59. The molecule has 20 heavy (non-hydrogen) atoms. The first-order chi connectivity index (χ1) is 9.48. The Morgan fingerprint density at radius 3 is 2.20 bits per heavy atom. The van der Waals surface area contributed by atoms with Crippen molar-refractivity contribution in [2.24, 2.45) is 22.7 Å². The molecule has 4 aliphatic carbocycles. The van der Waals surface area contributed by atoms with Crippen LogP contribution in [0, 0.1) is 29.6 Å². The summed E-state index contributed by atoms with van der Waals surface area (Å²) < 4.78 is 0. The van der Waals surface area contributed by atoms with Crippen LogP contribution in [0.15, 0.2) is 24.3 Å². The number of hydrogen-bond donors (Lipinski definition) is 1. The number of rotatable bonds is 2. The standard InChI is InChI=1S/C19H26O/c1-13-3-5-16(6-4-13)17(20)19-10-14-7-15(11-19)9-18(2,8-14)12-19/h3-6,14-15,17,20H,7-12H2,1-2H3. The molecule has 0 aliphatic heterocycles. The van der Waals surface area contributed by atoms with Crippen molar-refractivity contribution < 1.29 is 5.11 Å². The molecular weight excluding hydrogens is 244 g/mol. The van der Waals surface area contributed by atoms with Crippen LogP contribution in [-0.4, -0.2) is 5.11 Å². The quantitative estimate of drug-likeness (QED) is 0.830. The topological polar surface area (TPSA) is 20.2 Å². The molecule has 1 N–H and O–H groups in total. The highest BCUT2D eigenvalue weighted by Gasteiger charge is 2.58. The number of hydrogen-bond acceptors (Lipinski definition) is 1. The van der Waals surface area contributed by atoms with Crippen molar-refractivity contribution in [2.45, 2.75) is 58.5 Å². The van der Waals surface area contributed by atoms with E-state index < -0.39 is 0 Å². The highest BCUT2D eigenvalue weighted by Crippen LogP contribution is 2.68. The minimum atomic E-state index is -0.256. The minimum Gasteiger partial charge on any atom is -0.388 e. The average Bonchev–Trinajstić information content (AvgIpc) is 2.36. The molecule has 0 heterocycles. The van der Waals surface area contributed by atoms with Crippen LogP contribution in [0.4, 0.5) is 0 Å². The van der Waals surface area contributed by atoms with Gasteiger partial charge in [0.15, 0.2) is 0 Å². The van der Waals surface area contributed by atoms with E-state index in [0.717, 1.165) is 17.4 Å². The summed E-state index contributed by atoms with van der Waals surface area (Å²) in [7, 11) is 0. The van der Waals surface area contributed by atoms with Crippen LogP contribution in [-0.2, 0) is 0 Å². The zero-order valence-corrected chi connectivity index (χ0v) is 12.7. The first kappa shape index (κ1) is 12.9. The number of aryl methyl sites for hydroxylation is 1. The second-order valence-electron chi connectivity index (χ2n) is 8.45. The lowest BCUT2D eigenvalue weighted by molar-refractivity contribution is -0.155. The SMILES string of the molecule is Cc1ccc(C(O)C23CC4CC(CC(C)(C4)C2)C3)cc1. The third-order valence-corrected chi connectivity index (χ3v) is 6.37. The van der Waals surface area contributed by atoms with E-state index in [1.165, 1.54) is 44.1 Å². The molecule has 1 aromatic carbocycles. The molecule has 0 spiro atoms. The second-order valence-corrected chi connectivity index (χ2v) is 8.45. The van der Waals surface area contributed by atoms with Crippen LogP contribution in [0.1, 0.15) is 62.7 Å². The molecule has 1 nitrogen and oxygen atoms in total. The van der Waals surface area contributed by atoms with E-state index in [9.17, 15) is 5.11 Å². The molecule has 4 bridgehead atoms. The van der Waals surface area contributed by atoms with Crippen molar-refractivity contribution in [2.75, 3.05) is 0 Å². The molecule has 1 heteroatoms. The van der Waals surface area contributed by atoms with E-state index in [-0.39, 0.29) is 11.5 Å². The van der Waals surface area contributed by atoms with Gasteiger partial charge in [0.05, 0.1) is 6.10 Å². The van der Waals surface area contributed by atoms with E-state index >= 15 is 0 Å². The molecule has 1 aromatic rings. The van der Waals surface area contributed by atoms with Gasteiger partial charge in [-0.1, -0.05) is 36.8 Å². The number of aliphatic hydroxyl groups is 1. The van der Waals surface area contributed by atoms with Crippen molar-refractivity contribution in [3.8, 4) is 0 Å². The summed E-state index contributed by atoms with van der Waals surface area (Å²) in [6, 6.07) is 8.56. The van der Waals surface area contributed by atoms with Crippen molar-refractivity contribution in [3.63, 3.8) is 0 Å². The van der Waals surface area contributed by atoms with Crippen LogP contribution in [0.3, 0.4) is 0 Å². The van der Waals surface area contributed by atoms with Gasteiger partial charge in [-0.15, -0.1) is 0 Å². The Hall–Kier alpha value is -0.820. The zero-order valence-electron chi connectivity index (χ0n) is 12.7. The lowest BCUT2D eigenvalue weighted by Crippen LogP contribution is -2.53. The molecule has 4 fully saturated rings. The van der Waals surface area contributed by atoms with Crippen molar-refractivity contribution in [1.29, 1.82) is 0 Å². The van der Waals surface area contributed by atoms with E-state index in [4.69, 9.17) is 0 Å². The van der Waals surface area contributed by atoms with Gasteiger partial charge in [0, 0.05) is 5.41 Å². The zero-order chi connectivity index (χ0) is 14.0. The molecule has 108 valence electrons. The van der Waals surface area contributed by atoms with Gasteiger partial charge in [0.25, 0.3) is 0 Å². The lowest BCUT2D eigenvalue weighted by atomic mass is 9.43. The first-order valence-corrected chi connectivity index (χ1v) is 8.23. The van der Waals surface area contributed by atoms with Crippen molar-refractivity contribution >= 4 is 0 Å². The normalized spacial score (nSPS) is 43.8. The minimum absolute atomic E-state index is 0.175. The highest BCUT2D eigenvalue weighted by atomic mass is 16.3. The fourth-order valence-corrected chi connectivity index (χ4v) is 6.22. The number of aliphatic hydroxyl groups excluding tert-OH is 1. The van der Waals surface area contributed by atoms with E-state index in [2.05, 4.69) is 38.1 Å². The highest BCUT2D eigenvalue weighted by molar-refractivity contribution is 5.26. The Morgan fingerprint density at radius 2 is 1.65 bits per heavy atom. The Kier molecular flexibility index (Phi) is 2.64. The summed E-state index contributed by atoms with van der Waals surface area (Å²) in [4.78, 5) is 0. The Morgan fingerprint density at radius 1 is 1.05 bits per heavy atom. The fourth-order valence-electron chi connectivity index (χ4n) is 6.22. The third kappa shape index (κ3) is 1.86. The predicted octanol–water partition coefficient (Wildman–Crippen LogP) is 4.63. The smallest absolute Gasteiger partial charge is 0.0846 e. The van der Waals surface area contributed by atoms with Gasteiger partial charge in [-0.25, -0.2) is 0 Å². The average molecular weight is 270 g/mol. The van der Waals surface area contributed by atoms with Crippen LogP contribution in [0.25, 0.3) is 0 Å². The molecule has 0 aromatic heterocycles. The second kappa shape index (κ2) is 4.10. The van der Waals surface area contributed by atoms with Gasteiger partial charge in [0.2, 0.25) is 0 Å². The molecule has 3 atom stereocenters. The third-order valence-electron chi connectivity index (χ3n) is 6.37. The molecular formula is C19H26O. The molecule has 0 amide bonds. The van der Waals surface area contributed by atoms with E-state index in [1.54, 1.807) is 0 Å². The largest absolute Gasteiger partial charge is 0.388 e. The summed E-state index contributed by atoms with van der Waals surface area (Å²) in [5.41, 5.74) is 3.10. The van der Waals surface area contributed by atoms with E-state index in [1.807, 2.05) is 0 Å². The monoisotopic (exact) mass is 270 g/mol. The van der Waals surface area contributed by atoms with Gasteiger partial charge in [-0.05, 0) is 68.3 Å². The Bertz CT molecular complexity index is 501. The van der Waals surface area contributed by atoms with Gasteiger partial charge < -0.3 is 5.11 Å². The molecule has 4 aliphatic rings. The first-order valence-electron chi connectivity index (χ1n) is 8.23. The summed E-state index contributed by atoms with van der Waals surface area (Å²) in [6.07, 6.45) is 7.74. The van der Waals surface area contributed by atoms with Crippen LogP contribution in [0.2, 0.25) is 0 Å². The van der Waals surface area contributed by atoms with Gasteiger partial charge in [-0.3, -0.25) is 0 Å². The predicted molar refractivity (Wildman–Crippen MR) is 81.4 cm³/mol. The fraction of sp³-hybridized carbons (Fsp3) is 0.684. The van der Waals surface area contributed by atoms with Crippen molar-refractivity contribution in [3.05, 3.63) is 35.4 Å². The molecule has 3 unspecified atom stereocenters. The summed E-state index contributed by atoms with van der Waals surface area (Å²) in [5, 5.41) is 11.1. The Balaban J connectivity index is 1.68. The molecule has 0 radical (unpaired) electrons.